The molecule has 0 saturated heterocycles. The highest BCUT2D eigenvalue weighted by Crippen LogP contribution is 2.28. The van der Waals surface area contributed by atoms with Crippen molar-refractivity contribution < 1.29 is 9.53 Å². The van der Waals surface area contributed by atoms with Gasteiger partial charge in [-0.15, -0.1) is 0 Å². The van der Waals surface area contributed by atoms with Crippen molar-refractivity contribution in [3.05, 3.63) is 43.9 Å². The number of halogens is 2. The lowest BCUT2D eigenvalue weighted by atomic mass is 10.3. The molecule has 0 unspecified atom stereocenters. The van der Waals surface area contributed by atoms with Gasteiger partial charge in [0.1, 0.15) is 0 Å². The number of esters is 1. The highest BCUT2D eigenvalue weighted by atomic mass is 35.5. The minimum atomic E-state index is -0.582. The van der Waals surface area contributed by atoms with Crippen LogP contribution in [0.2, 0.25) is 10.0 Å². The summed E-state index contributed by atoms with van der Waals surface area (Å²) in [5, 5.41) is 0.746. The monoisotopic (exact) mass is 339 g/mol. The maximum Gasteiger partial charge on any atom is 0.358 e. The number of rotatable bonds is 2. The number of carbonyl (C=O) groups is 1. The van der Waals surface area contributed by atoms with E-state index in [4.69, 9.17) is 27.9 Å². The lowest BCUT2D eigenvalue weighted by Crippen LogP contribution is -2.11. The van der Waals surface area contributed by atoms with Crippen LogP contribution in [0.15, 0.2) is 16.9 Å². The first-order valence-corrected chi connectivity index (χ1v) is 7.26. The molecule has 1 aromatic carbocycles. The number of H-pyrrole nitrogens is 1. The molecule has 8 heteroatoms. The minimum Gasteiger partial charge on any atom is -0.461 e. The number of aromatic nitrogens is 3. The molecule has 0 saturated carbocycles. The average molecular weight is 340 g/mol. The van der Waals surface area contributed by atoms with Crippen molar-refractivity contribution in [2.24, 2.45) is 0 Å². The van der Waals surface area contributed by atoms with Crippen molar-refractivity contribution in [1.82, 2.24) is 14.4 Å². The molecule has 0 aliphatic carbocycles. The number of ether oxygens (including phenoxy) is 1. The molecule has 0 spiro atoms. The lowest BCUT2D eigenvalue weighted by Gasteiger charge is -2.06. The van der Waals surface area contributed by atoms with E-state index in [2.05, 4.69) is 9.97 Å². The molecule has 0 amide bonds. The fraction of sp³-hybridized carbons (Fsp3) is 0.214. The van der Waals surface area contributed by atoms with E-state index in [1.165, 1.54) is 0 Å². The first kappa shape index (κ1) is 14.9. The first-order valence-electron chi connectivity index (χ1n) is 6.51. The van der Waals surface area contributed by atoms with Gasteiger partial charge in [-0.25, -0.2) is 9.78 Å². The van der Waals surface area contributed by atoms with E-state index < -0.39 is 11.5 Å². The van der Waals surface area contributed by atoms with E-state index in [9.17, 15) is 9.59 Å². The Morgan fingerprint density at radius 3 is 2.82 bits per heavy atom. The number of aromatic amines is 1. The van der Waals surface area contributed by atoms with Crippen LogP contribution < -0.4 is 5.56 Å². The van der Waals surface area contributed by atoms with E-state index in [0.29, 0.717) is 26.8 Å². The van der Waals surface area contributed by atoms with Crippen LogP contribution in [-0.2, 0) is 4.74 Å². The van der Waals surface area contributed by atoms with Crippen LogP contribution in [0, 0.1) is 6.92 Å². The average Bonchev–Trinajstić information content (AvgIpc) is 2.77. The van der Waals surface area contributed by atoms with Crippen molar-refractivity contribution in [3.63, 3.8) is 0 Å². The molecule has 0 atom stereocenters. The van der Waals surface area contributed by atoms with Gasteiger partial charge in [0.15, 0.2) is 5.69 Å². The summed E-state index contributed by atoms with van der Waals surface area (Å²) in [6, 6.07) is 3.15. The van der Waals surface area contributed by atoms with Gasteiger partial charge in [-0.1, -0.05) is 23.2 Å². The number of aryl methyl sites for hydroxylation is 1. The molecule has 6 nitrogen and oxygen atoms in total. The predicted octanol–water partition coefficient (Wildman–Crippen LogP) is 2.97. The Morgan fingerprint density at radius 2 is 2.14 bits per heavy atom. The zero-order valence-corrected chi connectivity index (χ0v) is 13.2. The second kappa shape index (κ2) is 5.30. The van der Waals surface area contributed by atoms with Gasteiger partial charge < -0.3 is 9.72 Å². The third kappa shape index (κ3) is 2.15. The Morgan fingerprint density at radius 1 is 1.41 bits per heavy atom. The normalized spacial score (nSPS) is 11.3. The number of nitrogens with one attached hydrogen (secondary N) is 1. The van der Waals surface area contributed by atoms with Crippen LogP contribution in [0.4, 0.5) is 0 Å². The summed E-state index contributed by atoms with van der Waals surface area (Å²) in [4.78, 5) is 30.9. The summed E-state index contributed by atoms with van der Waals surface area (Å²) in [5.74, 6) is -0.582. The Balaban J connectivity index is 2.47. The number of nitrogens with zero attached hydrogens (tertiary/aromatic N) is 2. The fourth-order valence-corrected chi connectivity index (χ4v) is 2.96. The van der Waals surface area contributed by atoms with E-state index in [-0.39, 0.29) is 17.9 Å². The minimum absolute atomic E-state index is 0.0808. The van der Waals surface area contributed by atoms with Crippen molar-refractivity contribution in [3.8, 4) is 0 Å². The molecule has 1 N–H and O–H groups in total. The molecule has 3 rings (SSSR count). The van der Waals surface area contributed by atoms with Crippen molar-refractivity contribution in [1.29, 1.82) is 0 Å². The van der Waals surface area contributed by atoms with E-state index >= 15 is 0 Å². The third-order valence-electron chi connectivity index (χ3n) is 3.28. The molecular weight excluding hydrogens is 329 g/mol. The zero-order valence-electron chi connectivity index (χ0n) is 11.7. The van der Waals surface area contributed by atoms with Gasteiger partial charge in [-0.05, 0) is 26.0 Å². The zero-order chi connectivity index (χ0) is 16.0. The third-order valence-corrected chi connectivity index (χ3v) is 3.79. The van der Waals surface area contributed by atoms with Gasteiger partial charge in [-0.3, -0.25) is 9.20 Å². The summed E-state index contributed by atoms with van der Waals surface area (Å²) in [7, 11) is 0. The molecule has 0 fully saturated rings. The fourth-order valence-electron chi connectivity index (χ4n) is 2.39. The Bertz CT molecular complexity index is 975. The highest BCUT2D eigenvalue weighted by Gasteiger charge is 2.21. The van der Waals surface area contributed by atoms with Crippen LogP contribution in [0.3, 0.4) is 0 Å². The SMILES string of the molecule is CCOC(=O)c1nc2c(=O)[nH]c3cc(Cl)cc(Cl)c3n2c1C. The molecule has 0 bridgehead atoms. The van der Waals surface area contributed by atoms with Crippen LogP contribution in [0.1, 0.15) is 23.1 Å². The van der Waals surface area contributed by atoms with Crippen molar-refractivity contribution in [2.75, 3.05) is 6.61 Å². The second-order valence-electron chi connectivity index (χ2n) is 4.66. The summed E-state index contributed by atoms with van der Waals surface area (Å²) in [6.07, 6.45) is 0. The Labute approximate surface area is 134 Å². The van der Waals surface area contributed by atoms with E-state index in [1.807, 2.05) is 0 Å². The highest BCUT2D eigenvalue weighted by molar-refractivity contribution is 6.38. The van der Waals surface area contributed by atoms with Crippen molar-refractivity contribution >= 4 is 45.9 Å². The van der Waals surface area contributed by atoms with Crippen molar-refractivity contribution in [2.45, 2.75) is 13.8 Å². The summed E-state index contributed by atoms with van der Waals surface area (Å²) < 4.78 is 6.50. The van der Waals surface area contributed by atoms with Gasteiger partial charge in [-0.2, -0.15) is 0 Å². The molecule has 0 aliphatic rings. The predicted molar refractivity (Wildman–Crippen MR) is 84.0 cm³/mol. The molecule has 114 valence electrons. The number of benzene rings is 1. The van der Waals surface area contributed by atoms with Crippen LogP contribution in [-0.4, -0.2) is 26.9 Å². The molecule has 2 aromatic heterocycles. The molecular formula is C14H11Cl2N3O3. The molecule has 22 heavy (non-hydrogen) atoms. The molecule has 0 aliphatic heterocycles. The van der Waals surface area contributed by atoms with Gasteiger partial charge >= 0.3 is 5.97 Å². The topological polar surface area (TPSA) is 76.5 Å². The van der Waals surface area contributed by atoms with E-state index in [0.717, 1.165) is 0 Å². The Kier molecular flexibility index (Phi) is 3.58. The number of imidazole rings is 1. The first-order chi connectivity index (χ1) is 10.4. The Hall–Kier alpha value is -2.05. The van der Waals surface area contributed by atoms with Gasteiger partial charge in [0, 0.05) is 5.02 Å². The molecule has 0 radical (unpaired) electrons. The van der Waals surface area contributed by atoms with E-state index in [1.54, 1.807) is 30.4 Å². The summed E-state index contributed by atoms with van der Waals surface area (Å²) in [6.45, 7) is 3.60. The smallest absolute Gasteiger partial charge is 0.358 e. The summed E-state index contributed by atoms with van der Waals surface area (Å²) in [5.41, 5.74) is 1.20. The van der Waals surface area contributed by atoms with Crippen LogP contribution in [0.5, 0.6) is 0 Å². The maximum atomic E-state index is 12.2. The number of hydrogen-bond acceptors (Lipinski definition) is 4. The number of fused-ring (bicyclic) bond motifs is 3. The largest absolute Gasteiger partial charge is 0.461 e. The van der Waals surface area contributed by atoms with Gasteiger partial charge in [0.2, 0.25) is 5.65 Å². The van der Waals surface area contributed by atoms with Gasteiger partial charge in [0.25, 0.3) is 5.56 Å². The van der Waals surface area contributed by atoms with Crippen LogP contribution in [0.25, 0.3) is 16.7 Å². The quantitative estimate of drug-likeness (QED) is 0.728. The molecule has 3 aromatic rings. The second-order valence-corrected chi connectivity index (χ2v) is 5.51. The number of carbonyl (C=O) groups excluding carboxylic acids is 1. The maximum absolute atomic E-state index is 12.2. The number of hydrogen-bond donors (Lipinski definition) is 1. The summed E-state index contributed by atoms with van der Waals surface area (Å²) >= 11 is 12.2. The lowest BCUT2D eigenvalue weighted by molar-refractivity contribution is 0.0519. The standard InChI is InChI=1S/C14H11Cl2N3O3/c1-3-22-14(21)10-6(2)19-11-8(16)4-7(15)5-9(11)17-13(20)12(19)18-10/h4-5H,3H2,1-2H3,(H,17,20). The van der Waals surface area contributed by atoms with Gasteiger partial charge in [0.05, 0.1) is 28.4 Å². The molecule has 2 heterocycles. The van der Waals surface area contributed by atoms with Crippen LogP contribution >= 0.6 is 23.2 Å².